The smallest absolute Gasteiger partial charge is 0.123 e. The van der Waals surface area contributed by atoms with Crippen molar-refractivity contribution >= 4 is 23.4 Å². The minimum absolute atomic E-state index is 0.142. The number of halogens is 2. The molecule has 1 nitrogen and oxygen atoms in total. The Balaban J connectivity index is 2.24. The molecule has 1 aliphatic heterocycles. The Bertz CT molecular complexity index is 380. The number of hydrogen-bond donors (Lipinski definition) is 1. The van der Waals surface area contributed by atoms with Crippen molar-refractivity contribution in [1.29, 1.82) is 0 Å². The average Bonchev–Trinajstić information content (AvgIpc) is 2.36. The maximum atomic E-state index is 13.3. The summed E-state index contributed by atoms with van der Waals surface area (Å²) >= 11 is 8.13. The van der Waals surface area contributed by atoms with Gasteiger partial charge >= 0.3 is 0 Å². The van der Waals surface area contributed by atoms with E-state index in [1.165, 1.54) is 31.1 Å². The highest BCUT2D eigenvalue weighted by Crippen LogP contribution is 2.37. The molecule has 0 aromatic heterocycles. The standard InChI is InChI=1S/C13H17ClFNS/c1-16-13(12-4-2-3-7-17-12)10-8-9(15)5-6-11(10)14/h5-6,8,12-13,16H,2-4,7H2,1H3. The minimum atomic E-state index is -0.217. The van der Waals surface area contributed by atoms with Gasteiger partial charge in [0.2, 0.25) is 0 Å². The van der Waals surface area contributed by atoms with Crippen LogP contribution in [-0.2, 0) is 0 Å². The summed E-state index contributed by atoms with van der Waals surface area (Å²) in [4.78, 5) is 0. The van der Waals surface area contributed by atoms with Gasteiger partial charge < -0.3 is 5.32 Å². The van der Waals surface area contributed by atoms with Crippen molar-refractivity contribution in [1.82, 2.24) is 5.32 Å². The molecule has 2 rings (SSSR count). The van der Waals surface area contributed by atoms with Crippen LogP contribution in [0.3, 0.4) is 0 Å². The van der Waals surface area contributed by atoms with Crippen molar-refractivity contribution in [2.24, 2.45) is 0 Å². The van der Waals surface area contributed by atoms with Gasteiger partial charge in [0.05, 0.1) is 0 Å². The van der Waals surface area contributed by atoms with Crippen LogP contribution in [0, 0.1) is 5.82 Å². The fourth-order valence-corrected chi connectivity index (χ4v) is 4.04. The van der Waals surface area contributed by atoms with Crippen molar-refractivity contribution in [3.05, 3.63) is 34.6 Å². The second-order valence-corrected chi connectivity index (χ2v) is 6.09. The zero-order chi connectivity index (χ0) is 12.3. The molecule has 1 saturated heterocycles. The molecule has 0 radical (unpaired) electrons. The van der Waals surface area contributed by atoms with Gasteiger partial charge in [-0.2, -0.15) is 11.8 Å². The van der Waals surface area contributed by atoms with Gasteiger partial charge in [0.15, 0.2) is 0 Å². The van der Waals surface area contributed by atoms with E-state index in [1.807, 2.05) is 18.8 Å². The molecular formula is C13H17ClFNS. The molecular weight excluding hydrogens is 257 g/mol. The molecule has 4 heteroatoms. The molecule has 2 unspecified atom stereocenters. The van der Waals surface area contributed by atoms with Crippen LogP contribution in [0.5, 0.6) is 0 Å². The highest BCUT2D eigenvalue weighted by atomic mass is 35.5. The second kappa shape index (κ2) is 6.07. The zero-order valence-corrected chi connectivity index (χ0v) is 11.5. The Hall–Kier alpha value is -0.250. The van der Waals surface area contributed by atoms with E-state index in [-0.39, 0.29) is 11.9 Å². The number of hydrogen-bond acceptors (Lipinski definition) is 2. The SMILES string of the molecule is CNC(c1cc(F)ccc1Cl)C1CCCCS1. The lowest BCUT2D eigenvalue weighted by Crippen LogP contribution is -2.29. The summed E-state index contributed by atoms with van der Waals surface area (Å²) in [6, 6.07) is 4.75. The highest BCUT2D eigenvalue weighted by Gasteiger charge is 2.26. The molecule has 0 amide bonds. The van der Waals surface area contributed by atoms with Crippen LogP contribution in [0.1, 0.15) is 30.9 Å². The van der Waals surface area contributed by atoms with E-state index in [4.69, 9.17) is 11.6 Å². The van der Waals surface area contributed by atoms with Crippen LogP contribution < -0.4 is 5.32 Å². The van der Waals surface area contributed by atoms with Gasteiger partial charge in [-0.15, -0.1) is 0 Å². The van der Waals surface area contributed by atoms with Gasteiger partial charge in [-0.05, 0) is 49.4 Å². The summed E-state index contributed by atoms with van der Waals surface area (Å²) in [6.07, 6.45) is 3.71. The predicted octanol–water partition coefficient (Wildman–Crippen LogP) is 4.03. The van der Waals surface area contributed by atoms with Gasteiger partial charge in [-0.25, -0.2) is 4.39 Å². The molecule has 94 valence electrons. The third kappa shape index (κ3) is 3.15. The lowest BCUT2D eigenvalue weighted by Gasteiger charge is -2.30. The number of rotatable bonds is 3. The monoisotopic (exact) mass is 273 g/mol. The van der Waals surface area contributed by atoms with Crippen LogP contribution in [0.15, 0.2) is 18.2 Å². The molecule has 0 bridgehead atoms. The number of thioether (sulfide) groups is 1. The van der Waals surface area contributed by atoms with Gasteiger partial charge in [0, 0.05) is 16.3 Å². The second-order valence-electron chi connectivity index (χ2n) is 4.34. The first-order chi connectivity index (χ1) is 8.22. The van der Waals surface area contributed by atoms with Gasteiger partial charge in [-0.3, -0.25) is 0 Å². The van der Waals surface area contributed by atoms with E-state index in [0.717, 1.165) is 5.56 Å². The van der Waals surface area contributed by atoms with E-state index in [1.54, 1.807) is 12.1 Å². The molecule has 17 heavy (non-hydrogen) atoms. The Morgan fingerprint density at radius 2 is 2.29 bits per heavy atom. The van der Waals surface area contributed by atoms with E-state index < -0.39 is 0 Å². The minimum Gasteiger partial charge on any atom is -0.312 e. The highest BCUT2D eigenvalue weighted by molar-refractivity contribution is 8.00. The first-order valence-corrected chi connectivity index (χ1v) is 7.39. The van der Waals surface area contributed by atoms with E-state index in [9.17, 15) is 4.39 Å². The molecule has 1 aliphatic rings. The normalized spacial score (nSPS) is 22.4. The molecule has 1 aromatic carbocycles. The largest absolute Gasteiger partial charge is 0.312 e. The lowest BCUT2D eigenvalue weighted by atomic mass is 9.99. The summed E-state index contributed by atoms with van der Waals surface area (Å²) in [5.41, 5.74) is 0.883. The van der Waals surface area contributed by atoms with Crippen LogP contribution in [-0.4, -0.2) is 18.1 Å². The Labute approximate surface area is 111 Å². The average molecular weight is 274 g/mol. The Morgan fingerprint density at radius 1 is 1.47 bits per heavy atom. The maximum absolute atomic E-state index is 13.3. The Kier molecular flexibility index (Phi) is 4.71. The summed E-state index contributed by atoms with van der Waals surface area (Å²) in [7, 11) is 1.92. The van der Waals surface area contributed by atoms with Crippen molar-refractivity contribution in [2.75, 3.05) is 12.8 Å². The molecule has 1 aromatic rings. The first kappa shape index (κ1) is 13.2. The third-order valence-electron chi connectivity index (χ3n) is 3.19. The molecule has 0 aliphatic carbocycles. The molecule has 1 N–H and O–H groups in total. The van der Waals surface area contributed by atoms with Crippen molar-refractivity contribution < 1.29 is 4.39 Å². The van der Waals surface area contributed by atoms with E-state index in [2.05, 4.69) is 5.32 Å². The summed E-state index contributed by atoms with van der Waals surface area (Å²) in [6.45, 7) is 0. The summed E-state index contributed by atoms with van der Waals surface area (Å²) in [5, 5.41) is 4.43. The van der Waals surface area contributed by atoms with E-state index >= 15 is 0 Å². The van der Waals surface area contributed by atoms with E-state index in [0.29, 0.717) is 10.3 Å². The summed E-state index contributed by atoms with van der Waals surface area (Å²) in [5.74, 6) is 0.973. The van der Waals surface area contributed by atoms with Crippen LogP contribution in [0.25, 0.3) is 0 Å². The molecule has 0 spiro atoms. The van der Waals surface area contributed by atoms with Crippen LogP contribution in [0.2, 0.25) is 5.02 Å². The third-order valence-corrected chi connectivity index (χ3v) is 5.00. The Morgan fingerprint density at radius 3 is 2.94 bits per heavy atom. The van der Waals surface area contributed by atoms with Gasteiger partial charge in [-0.1, -0.05) is 18.0 Å². The molecule has 0 saturated carbocycles. The fourth-order valence-electron chi connectivity index (χ4n) is 2.32. The number of benzene rings is 1. The van der Waals surface area contributed by atoms with Crippen molar-refractivity contribution in [3.8, 4) is 0 Å². The van der Waals surface area contributed by atoms with Gasteiger partial charge in [0.1, 0.15) is 5.82 Å². The fraction of sp³-hybridized carbons (Fsp3) is 0.538. The molecule has 1 fully saturated rings. The predicted molar refractivity (Wildman–Crippen MR) is 73.3 cm³/mol. The number of nitrogens with one attached hydrogen (secondary N) is 1. The maximum Gasteiger partial charge on any atom is 0.123 e. The summed E-state index contributed by atoms with van der Waals surface area (Å²) < 4.78 is 13.3. The van der Waals surface area contributed by atoms with Gasteiger partial charge in [0.25, 0.3) is 0 Å². The molecule has 2 atom stereocenters. The van der Waals surface area contributed by atoms with Crippen molar-refractivity contribution in [2.45, 2.75) is 30.6 Å². The molecule has 1 heterocycles. The zero-order valence-electron chi connectivity index (χ0n) is 9.88. The first-order valence-electron chi connectivity index (χ1n) is 5.96. The topological polar surface area (TPSA) is 12.0 Å². The van der Waals surface area contributed by atoms with Crippen LogP contribution in [0.4, 0.5) is 4.39 Å². The lowest BCUT2D eigenvalue weighted by molar-refractivity contribution is 0.512. The van der Waals surface area contributed by atoms with Crippen molar-refractivity contribution in [3.63, 3.8) is 0 Å². The van der Waals surface area contributed by atoms with Crippen LogP contribution >= 0.6 is 23.4 Å². The quantitative estimate of drug-likeness (QED) is 0.893.